The van der Waals surface area contributed by atoms with Crippen LogP contribution in [0.2, 0.25) is 0 Å². The van der Waals surface area contributed by atoms with Crippen molar-refractivity contribution in [2.24, 2.45) is 0 Å². The van der Waals surface area contributed by atoms with E-state index in [-0.39, 0.29) is 5.41 Å². The first-order valence-corrected chi connectivity index (χ1v) is 5.23. The van der Waals surface area contributed by atoms with Crippen LogP contribution in [0.3, 0.4) is 0 Å². The number of fused-ring (bicyclic) bond motifs is 3. The molecule has 5 heteroatoms. The van der Waals surface area contributed by atoms with E-state index in [4.69, 9.17) is 5.73 Å². The second-order valence-corrected chi connectivity index (χ2v) is 4.82. The summed E-state index contributed by atoms with van der Waals surface area (Å²) in [5, 5.41) is 7.10. The minimum Gasteiger partial charge on any atom is -0.368 e. The lowest BCUT2D eigenvalue weighted by Crippen LogP contribution is -2.25. The van der Waals surface area contributed by atoms with Crippen molar-refractivity contribution in [3.63, 3.8) is 0 Å². The van der Waals surface area contributed by atoms with Crippen molar-refractivity contribution in [2.45, 2.75) is 25.7 Å². The Bertz CT molecular complexity index is 555. The minimum atomic E-state index is 0.0643. The summed E-state index contributed by atoms with van der Waals surface area (Å²) in [7, 11) is 0. The zero-order valence-electron chi connectivity index (χ0n) is 9.28. The van der Waals surface area contributed by atoms with Crippen molar-refractivity contribution >= 4 is 5.95 Å². The van der Waals surface area contributed by atoms with Gasteiger partial charge < -0.3 is 5.73 Å². The van der Waals surface area contributed by atoms with Crippen molar-refractivity contribution < 1.29 is 0 Å². The van der Waals surface area contributed by atoms with Gasteiger partial charge in [0.1, 0.15) is 0 Å². The van der Waals surface area contributed by atoms with Gasteiger partial charge in [-0.05, 0) is 17.4 Å². The molecule has 2 aromatic heterocycles. The molecule has 16 heavy (non-hydrogen) atoms. The van der Waals surface area contributed by atoms with Crippen molar-refractivity contribution in [1.82, 2.24) is 20.2 Å². The monoisotopic (exact) mass is 215 g/mol. The van der Waals surface area contributed by atoms with E-state index in [1.807, 2.05) is 12.4 Å². The van der Waals surface area contributed by atoms with Crippen LogP contribution in [0, 0.1) is 0 Å². The van der Waals surface area contributed by atoms with Crippen LogP contribution in [0.25, 0.3) is 11.4 Å². The summed E-state index contributed by atoms with van der Waals surface area (Å²) in [5.41, 5.74) is 9.86. The van der Waals surface area contributed by atoms with Crippen molar-refractivity contribution in [1.29, 1.82) is 0 Å². The molecule has 82 valence electrons. The summed E-state index contributed by atoms with van der Waals surface area (Å²) < 4.78 is 0. The summed E-state index contributed by atoms with van der Waals surface area (Å²) in [6.45, 7) is 4.39. The average Bonchev–Trinajstić information content (AvgIpc) is 2.69. The predicted molar refractivity (Wildman–Crippen MR) is 60.8 cm³/mol. The Hall–Kier alpha value is -1.91. The fraction of sp³-hybridized carbons (Fsp3) is 0.364. The number of rotatable bonds is 0. The van der Waals surface area contributed by atoms with E-state index in [1.165, 1.54) is 5.56 Å². The maximum atomic E-state index is 5.62. The van der Waals surface area contributed by atoms with Crippen molar-refractivity contribution in [3.8, 4) is 11.4 Å². The largest absolute Gasteiger partial charge is 0.368 e. The Morgan fingerprint density at radius 3 is 3.00 bits per heavy atom. The molecule has 0 aromatic carbocycles. The minimum absolute atomic E-state index is 0.0643. The zero-order valence-corrected chi connectivity index (χ0v) is 9.28. The third-order valence-electron chi connectivity index (χ3n) is 3.12. The zero-order chi connectivity index (χ0) is 11.3. The number of hydrogen-bond donors (Lipinski definition) is 2. The molecule has 2 heterocycles. The second kappa shape index (κ2) is 2.81. The van der Waals surface area contributed by atoms with Gasteiger partial charge in [0.05, 0.1) is 17.6 Å². The standard InChI is InChI=1S/C11H13N5/c1-11(2)3-6-4-13-10(12)15-8(6)9-7(11)5-14-16-9/h4-5H,3H2,1-2H3,(H,14,16)(H2,12,13,15). The molecule has 3 N–H and O–H groups in total. The first-order valence-electron chi connectivity index (χ1n) is 5.23. The van der Waals surface area contributed by atoms with E-state index in [2.05, 4.69) is 34.0 Å². The Morgan fingerprint density at radius 2 is 2.19 bits per heavy atom. The van der Waals surface area contributed by atoms with Crippen LogP contribution in [0.4, 0.5) is 5.95 Å². The van der Waals surface area contributed by atoms with Crippen LogP contribution in [0.15, 0.2) is 12.4 Å². The van der Waals surface area contributed by atoms with Crippen LogP contribution in [-0.2, 0) is 11.8 Å². The molecule has 1 aliphatic carbocycles. The summed E-state index contributed by atoms with van der Waals surface area (Å²) in [6, 6.07) is 0. The van der Waals surface area contributed by atoms with Gasteiger partial charge in [0.15, 0.2) is 0 Å². The molecule has 0 radical (unpaired) electrons. The van der Waals surface area contributed by atoms with Gasteiger partial charge in [-0.15, -0.1) is 0 Å². The quantitative estimate of drug-likeness (QED) is 0.693. The van der Waals surface area contributed by atoms with Gasteiger partial charge in [0, 0.05) is 11.8 Å². The highest BCUT2D eigenvalue weighted by Crippen LogP contribution is 2.40. The molecular weight excluding hydrogens is 202 g/mol. The third kappa shape index (κ3) is 1.14. The highest BCUT2D eigenvalue weighted by molar-refractivity contribution is 5.67. The van der Waals surface area contributed by atoms with Gasteiger partial charge in [-0.25, -0.2) is 9.97 Å². The molecular formula is C11H13N5. The topological polar surface area (TPSA) is 80.5 Å². The van der Waals surface area contributed by atoms with Gasteiger partial charge in [0.2, 0.25) is 5.95 Å². The molecule has 0 fully saturated rings. The Morgan fingerprint density at radius 1 is 1.38 bits per heavy atom. The van der Waals surface area contributed by atoms with Gasteiger partial charge in [-0.2, -0.15) is 5.10 Å². The lowest BCUT2D eigenvalue weighted by molar-refractivity contribution is 0.515. The Kier molecular flexibility index (Phi) is 1.64. The lowest BCUT2D eigenvalue weighted by atomic mass is 9.75. The van der Waals surface area contributed by atoms with Crippen LogP contribution in [-0.4, -0.2) is 20.2 Å². The van der Waals surface area contributed by atoms with E-state index in [0.29, 0.717) is 5.95 Å². The third-order valence-corrected chi connectivity index (χ3v) is 3.12. The fourth-order valence-corrected chi connectivity index (χ4v) is 2.32. The molecule has 0 atom stereocenters. The number of H-pyrrole nitrogens is 1. The molecule has 0 aliphatic heterocycles. The highest BCUT2D eigenvalue weighted by Gasteiger charge is 2.33. The van der Waals surface area contributed by atoms with Crippen LogP contribution in [0.1, 0.15) is 25.0 Å². The number of nitrogens with two attached hydrogens (primary N) is 1. The smallest absolute Gasteiger partial charge is 0.220 e. The van der Waals surface area contributed by atoms with Gasteiger partial charge >= 0.3 is 0 Å². The Labute approximate surface area is 93.1 Å². The van der Waals surface area contributed by atoms with Gasteiger partial charge in [0.25, 0.3) is 0 Å². The molecule has 0 saturated carbocycles. The number of anilines is 1. The SMILES string of the molecule is CC1(C)Cc2cnc(N)nc2-c2[nH]ncc21. The predicted octanol–water partition coefficient (Wildman–Crippen LogP) is 1.28. The fourth-order valence-electron chi connectivity index (χ4n) is 2.32. The van der Waals surface area contributed by atoms with E-state index in [1.54, 1.807) is 0 Å². The molecule has 5 nitrogen and oxygen atoms in total. The molecule has 1 aliphatic rings. The summed E-state index contributed by atoms with van der Waals surface area (Å²) in [4.78, 5) is 8.34. The first-order chi connectivity index (χ1) is 7.58. The number of nitrogens with zero attached hydrogens (tertiary/aromatic N) is 3. The van der Waals surface area contributed by atoms with Gasteiger partial charge in [-0.1, -0.05) is 13.8 Å². The number of hydrogen-bond acceptors (Lipinski definition) is 4. The number of aromatic nitrogens is 4. The summed E-state index contributed by atoms with van der Waals surface area (Å²) >= 11 is 0. The molecule has 0 saturated heterocycles. The highest BCUT2D eigenvalue weighted by atomic mass is 15.1. The van der Waals surface area contributed by atoms with Gasteiger partial charge in [-0.3, -0.25) is 5.10 Å². The molecule has 0 spiro atoms. The van der Waals surface area contributed by atoms with E-state index >= 15 is 0 Å². The van der Waals surface area contributed by atoms with Crippen LogP contribution >= 0.6 is 0 Å². The normalized spacial score (nSPS) is 16.6. The van der Waals surface area contributed by atoms with Crippen molar-refractivity contribution in [3.05, 3.63) is 23.5 Å². The van der Waals surface area contributed by atoms with E-state index in [9.17, 15) is 0 Å². The lowest BCUT2D eigenvalue weighted by Gasteiger charge is -2.29. The van der Waals surface area contributed by atoms with E-state index < -0.39 is 0 Å². The second-order valence-electron chi connectivity index (χ2n) is 4.82. The molecule has 0 amide bonds. The summed E-state index contributed by atoms with van der Waals surface area (Å²) in [6.07, 6.45) is 4.59. The molecule has 2 aromatic rings. The molecule has 0 bridgehead atoms. The summed E-state index contributed by atoms with van der Waals surface area (Å²) in [5.74, 6) is 0.305. The number of nitrogen functional groups attached to an aromatic ring is 1. The maximum absolute atomic E-state index is 5.62. The molecule has 0 unspecified atom stereocenters. The average molecular weight is 215 g/mol. The van der Waals surface area contributed by atoms with E-state index in [0.717, 1.165) is 23.4 Å². The van der Waals surface area contributed by atoms with Crippen LogP contribution in [0.5, 0.6) is 0 Å². The number of nitrogens with one attached hydrogen (secondary N) is 1. The maximum Gasteiger partial charge on any atom is 0.220 e. The Balaban J connectivity index is 2.31. The first kappa shape index (κ1) is 9.33. The van der Waals surface area contributed by atoms with Crippen LogP contribution < -0.4 is 5.73 Å². The molecule has 3 rings (SSSR count). The van der Waals surface area contributed by atoms with Crippen molar-refractivity contribution in [2.75, 3.05) is 5.73 Å². The number of aromatic amines is 1.